The first-order chi connectivity index (χ1) is 7.81. The van der Waals surface area contributed by atoms with Gasteiger partial charge in [0.05, 0.1) is 6.42 Å². The van der Waals surface area contributed by atoms with Crippen molar-refractivity contribution >= 4 is 16.2 Å². The van der Waals surface area contributed by atoms with Gasteiger partial charge in [0, 0.05) is 26.2 Å². The Morgan fingerprint density at radius 1 is 1.53 bits per heavy atom. The number of carboxylic acid groups (broad SMARTS) is 1. The molecule has 8 heteroatoms. The number of rotatable bonds is 5. The van der Waals surface area contributed by atoms with Crippen molar-refractivity contribution in [2.24, 2.45) is 5.92 Å². The van der Waals surface area contributed by atoms with E-state index in [1.165, 1.54) is 4.31 Å². The molecule has 0 aromatic rings. The third-order valence-corrected chi connectivity index (χ3v) is 4.16. The van der Waals surface area contributed by atoms with Crippen LogP contribution in [0, 0.1) is 5.92 Å². The minimum absolute atomic E-state index is 0.0129. The fourth-order valence-electron chi connectivity index (χ4n) is 1.67. The lowest BCUT2D eigenvalue weighted by Gasteiger charge is -2.32. The molecule has 0 aliphatic carbocycles. The summed E-state index contributed by atoms with van der Waals surface area (Å²) < 4.78 is 27.1. The third kappa shape index (κ3) is 4.58. The van der Waals surface area contributed by atoms with E-state index in [-0.39, 0.29) is 25.4 Å². The predicted molar refractivity (Wildman–Crippen MR) is 62.8 cm³/mol. The Hall–Kier alpha value is -0.700. The van der Waals surface area contributed by atoms with Crippen molar-refractivity contribution in [3.05, 3.63) is 0 Å². The molecule has 1 aliphatic heterocycles. The highest BCUT2D eigenvalue weighted by molar-refractivity contribution is 7.87. The molecule has 17 heavy (non-hydrogen) atoms. The molecule has 1 unspecified atom stereocenters. The summed E-state index contributed by atoms with van der Waals surface area (Å²) in [5, 5.41) is 8.70. The molecule has 1 fully saturated rings. The normalized spacial score (nSPS) is 25.0. The van der Waals surface area contributed by atoms with E-state index in [0.717, 1.165) is 0 Å². The second-order valence-electron chi connectivity index (χ2n) is 4.48. The molecule has 0 radical (unpaired) electrons. The Balaban J connectivity index is 2.59. The number of hydrogen-bond acceptors (Lipinski definition) is 4. The zero-order valence-corrected chi connectivity index (χ0v) is 10.9. The van der Waals surface area contributed by atoms with Crippen molar-refractivity contribution in [3.8, 4) is 0 Å². The number of likely N-dealkylation sites (N-methyl/N-ethyl adjacent to an activating group) is 1. The Morgan fingerprint density at radius 3 is 2.71 bits per heavy atom. The van der Waals surface area contributed by atoms with Crippen LogP contribution in [0.15, 0.2) is 0 Å². The molecule has 1 saturated heterocycles. The summed E-state index contributed by atoms with van der Waals surface area (Å²) >= 11 is 0. The number of nitrogens with one attached hydrogen (secondary N) is 1. The molecule has 2 N–H and O–H groups in total. The van der Waals surface area contributed by atoms with Gasteiger partial charge in [-0.15, -0.1) is 0 Å². The van der Waals surface area contributed by atoms with Gasteiger partial charge >= 0.3 is 5.97 Å². The van der Waals surface area contributed by atoms with Crippen LogP contribution in [0.2, 0.25) is 0 Å². The largest absolute Gasteiger partial charge is 0.481 e. The SMILES string of the molecule is CN(C)CCN1CC(CC(=O)O)CNS1(=O)=O. The zero-order chi connectivity index (χ0) is 13.1. The van der Waals surface area contributed by atoms with Crippen LogP contribution < -0.4 is 4.72 Å². The van der Waals surface area contributed by atoms with Crippen LogP contribution in [0.25, 0.3) is 0 Å². The summed E-state index contributed by atoms with van der Waals surface area (Å²) in [4.78, 5) is 12.5. The minimum Gasteiger partial charge on any atom is -0.481 e. The molecule has 0 saturated carbocycles. The topological polar surface area (TPSA) is 89.9 Å². The van der Waals surface area contributed by atoms with E-state index < -0.39 is 16.2 Å². The van der Waals surface area contributed by atoms with E-state index in [4.69, 9.17) is 5.11 Å². The zero-order valence-electron chi connectivity index (χ0n) is 10.1. The van der Waals surface area contributed by atoms with Gasteiger partial charge in [0.15, 0.2) is 0 Å². The summed E-state index contributed by atoms with van der Waals surface area (Å²) in [6.07, 6.45) is -0.0129. The van der Waals surface area contributed by atoms with Gasteiger partial charge in [-0.25, -0.2) is 4.72 Å². The van der Waals surface area contributed by atoms with Gasteiger partial charge < -0.3 is 10.0 Å². The van der Waals surface area contributed by atoms with Gasteiger partial charge in [-0.1, -0.05) is 0 Å². The molecule has 0 bridgehead atoms. The Bertz CT molecular complexity index is 368. The van der Waals surface area contributed by atoms with Crippen LogP contribution in [0.1, 0.15) is 6.42 Å². The first-order valence-corrected chi connectivity index (χ1v) is 6.86. The van der Waals surface area contributed by atoms with Crippen molar-refractivity contribution in [1.29, 1.82) is 0 Å². The van der Waals surface area contributed by atoms with Crippen LogP contribution >= 0.6 is 0 Å². The molecule has 1 atom stereocenters. The van der Waals surface area contributed by atoms with Crippen LogP contribution in [-0.2, 0) is 15.0 Å². The highest BCUT2D eigenvalue weighted by Crippen LogP contribution is 2.14. The smallest absolute Gasteiger partial charge is 0.303 e. The van der Waals surface area contributed by atoms with Gasteiger partial charge in [0.1, 0.15) is 0 Å². The van der Waals surface area contributed by atoms with Gasteiger partial charge in [-0.05, 0) is 20.0 Å². The molecule has 0 spiro atoms. The second-order valence-corrected chi connectivity index (χ2v) is 6.23. The maximum absolute atomic E-state index is 11.7. The van der Waals surface area contributed by atoms with Gasteiger partial charge in [-0.2, -0.15) is 12.7 Å². The van der Waals surface area contributed by atoms with Crippen molar-refractivity contribution in [2.75, 3.05) is 40.3 Å². The van der Waals surface area contributed by atoms with Crippen LogP contribution in [-0.4, -0.2) is 69.0 Å². The van der Waals surface area contributed by atoms with E-state index in [2.05, 4.69) is 4.72 Å². The Labute approximate surface area is 102 Å². The first-order valence-electron chi connectivity index (χ1n) is 5.42. The van der Waals surface area contributed by atoms with Crippen molar-refractivity contribution < 1.29 is 18.3 Å². The van der Waals surface area contributed by atoms with E-state index in [1.807, 2.05) is 19.0 Å². The average Bonchev–Trinajstić information content (AvgIpc) is 2.17. The lowest BCUT2D eigenvalue weighted by Crippen LogP contribution is -2.53. The summed E-state index contributed by atoms with van der Waals surface area (Å²) in [5.41, 5.74) is 0. The fraction of sp³-hybridized carbons (Fsp3) is 0.889. The Morgan fingerprint density at radius 2 is 2.18 bits per heavy atom. The summed E-state index contributed by atoms with van der Waals surface area (Å²) in [6, 6.07) is 0. The summed E-state index contributed by atoms with van der Waals surface area (Å²) in [5.74, 6) is -1.07. The van der Waals surface area contributed by atoms with Gasteiger partial charge in [0.2, 0.25) is 0 Å². The van der Waals surface area contributed by atoms with Crippen molar-refractivity contribution in [3.63, 3.8) is 0 Å². The Kier molecular flexibility index (Phi) is 4.87. The molecule has 0 aromatic carbocycles. The van der Waals surface area contributed by atoms with Crippen LogP contribution in [0.5, 0.6) is 0 Å². The summed E-state index contributed by atoms with van der Waals surface area (Å²) in [6.45, 7) is 1.46. The molecule has 1 heterocycles. The summed E-state index contributed by atoms with van der Waals surface area (Å²) in [7, 11) is 0.296. The lowest BCUT2D eigenvalue weighted by atomic mass is 10.1. The lowest BCUT2D eigenvalue weighted by molar-refractivity contribution is -0.138. The van der Waals surface area contributed by atoms with Gasteiger partial charge in [0.25, 0.3) is 10.2 Å². The molecule has 7 nitrogen and oxygen atoms in total. The number of hydrogen-bond donors (Lipinski definition) is 2. The quantitative estimate of drug-likeness (QED) is 0.651. The molecule has 1 aliphatic rings. The van der Waals surface area contributed by atoms with E-state index in [1.54, 1.807) is 0 Å². The monoisotopic (exact) mass is 265 g/mol. The molecule has 0 amide bonds. The van der Waals surface area contributed by atoms with E-state index in [9.17, 15) is 13.2 Å². The molecule has 100 valence electrons. The van der Waals surface area contributed by atoms with Crippen molar-refractivity contribution in [1.82, 2.24) is 13.9 Å². The third-order valence-electron chi connectivity index (χ3n) is 2.62. The van der Waals surface area contributed by atoms with Crippen molar-refractivity contribution in [2.45, 2.75) is 6.42 Å². The standard InChI is InChI=1S/C9H19N3O4S/c1-11(2)3-4-12-7-8(5-9(13)14)6-10-17(12,15)16/h8,10H,3-7H2,1-2H3,(H,13,14). The first kappa shape index (κ1) is 14.4. The van der Waals surface area contributed by atoms with E-state index >= 15 is 0 Å². The highest BCUT2D eigenvalue weighted by atomic mass is 32.2. The second kappa shape index (κ2) is 5.76. The number of carbonyl (C=O) groups is 1. The maximum atomic E-state index is 11.7. The number of nitrogens with zero attached hydrogens (tertiary/aromatic N) is 2. The number of aliphatic carboxylic acids is 1. The number of carboxylic acids is 1. The van der Waals surface area contributed by atoms with E-state index in [0.29, 0.717) is 13.1 Å². The average molecular weight is 265 g/mol. The molecular weight excluding hydrogens is 246 g/mol. The van der Waals surface area contributed by atoms with Gasteiger partial charge in [-0.3, -0.25) is 4.79 Å². The minimum atomic E-state index is -3.42. The van der Waals surface area contributed by atoms with Crippen LogP contribution in [0.3, 0.4) is 0 Å². The predicted octanol–water partition coefficient (Wildman–Crippen LogP) is -1.21. The molecule has 0 aromatic heterocycles. The maximum Gasteiger partial charge on any atom is 0.303 e. The molecule has 1 rings (SSSR count). The highest BCUT2D eigenvalue weighted by Gasteiger charge is 2.31. The van der Waals surface area contributed by atoms with Crippen LogP contribution in [0.4, 0.5) is 0 Å². The fourth-order valence-corrected chi connectivity index (χ4v) is 3.03. The molecular formula is C9H19N3O4S.